The summed E-state index contributed by atoms with van der Waals surface area (Å²) in [4.78, 5) is 37.8. The van der Waals surface area contributed by atoms with Crippen LogP contribution in [-0.4, -0.2) is 37.2 Å². The molecule has 0 bridgehead atoms. The molecule has 0 saturated carbocycles. The van der Waals surface area contributed by atoms with E-state index in [0.29, 0.717) is 25.7 Å². The van der Waals surface area contributed by atoms with E-state index in [1.807, 2.05) is 12.2 Å². The number of hydrogen-bond donors (Lipinski definition) is 0. The fraction of sp³-hybridized carbons (Fsp3) is 0.625. The van der Waals surface area contributed by atoms with Crippen LogP contribution < -0.4 is 0 Å². The molecule has 0 aliphatic rings. The van der Waals surface area contributed by atoms with Crippen LogP contribution in [0.15, 0.2) is 109 Å². The lowest BCUT2D eigenvalue weighted by atomic mass is 10.0. The molecule has 0 aliphatic carbocycles. The van der Waals surface area contributed by atoms with Gasteiger partial charge in [0.05, 0.1) is 0 Å². The maximum Gasteiger partial charge on any atom is 0.306 e. The van der Waals surface area contributed by atoms with E-state index >= 15 is 0 Å². The Labute approximate surface area is 380 Å². The fourth-order valence-corrected chi connectivity index (χ4v) is 6.36. The number of carbonyl (C=O) groups excluding carboxylic acids is 3. The van der Waals surface area contributed by atoms with Gasteiger partial charge < -0.3 is 14.2 Å². The summed E-state index contributed by atoms with van der Waals surface area (Å²) in [5.41, 5.74) is 0. The lowest BCUT2D eigenvalue weighted by Gasteiger charge is -2.18. The third kappa shape index (κ3) is 47.1. The van der Waals surface area contributed by atoms with Gasteiger partial charge in [0, 0.05) is 19.3 Å². The Balaban J connectivity index is 4.54. The van der Waals surface area contributed by atoms with Gasteiger partial charge in [0.2, 0.25) is 0 Å². The first-order valence-electron chi connectivity index (χ1n) is 24.9. The topological polar surface area (TPSA) is 78.9 Å². The van der Waals surface area contributed by atoms with Crippen LogP contribution in [0.25, 0.3) is 0 Å². The summed E-state index contributed by atoms with van der Waals surface area (Å²) in [6, 6.07) is 0. The zero-order valence-corrected chi connectivity index (χ0v) is 39.8. The molecular formula is C56H90O6. The average molecular weight is 859 g/mol. The van der Waals surface area contributed by atoms with E-state index in [0.717, 1.165) is 89.9 Å². The molecule has 1 unspecified atom stereocenters. The first-order chi connectivity index (χ1) is 30.5. The predicted octanol–water partition coefficient (Wildman–Crippen LogP) is 16.4. The Kier molecular flexibility index (Phi) is 46.6. The smallest absolute Gasteiger partial charge is 0.306 e. The molecule has 0 rings (SSSR count). The Hall–Kier alpha value is -3.93. The first-order valence-corrected chi connectivity index (χ1v) is 24.9. The van der Waals surface area contributed by atoms with Crippen LogP contribution in [0.4, 0.5) is 0 Å². The molecule has 62 heavy (non-hydrogen) atoms. The summed E-state index contributed by atoms with van der Waals surface area (Å²) in [6.07, 6.45) is 66.6. The van der Waals surface area contributed by atoms with E-state index in [1.165, 1.54) is 64.2 Å². The van der Waals surface area contributed by atoms with Crippen molar-refractivity contribution in [1.29, 1.82) is 0 Å². The molecule has 0 saturated heterocycles. The summed E-state index contributed by atoms with van der Waals surface area (Å²) in [7, 11) is 0. The molecule has 0 N–H and O–H groups in total. The van der Waals surface area contributed by atoms with E-state index in [-0.39, 0.29) is 37.5 Å². The second kappa shape index (κ2) is 49.7. The van der Waals surface area contributed by atoms with Gasteiger partial charge in [-0.2, -0.15) is 0 Å². The molecule has 6 nitrogen and oxygen atoms in total. The molecular weight excluding hydrogens is 769 g/mol. The van der Waals surface area contributed by atoms with Crippen LogP contribution in [0.2, 0.25) is 0 Å². The van der Waals surface area contributed by atoms with E-state index in [1.54, 1.807) is 0 Å². The largest absolute Gasteiger partial charge is 0.462 e. The second-order valence-electron chi connectivity index (χ2n) is 16.0. The van der Waals surface area contributed by atoms with Gasteiger partial charge in [-0.3, -0.25) is 14.4 Å². The van der Waals surface area contributed by atoms with Crippen LogP contribution in [0.1, 0.15) is 207 Å². The zero-order valence-electron chi connectivity index (χ0n) is 39.8. The molecule has 0 aromatic rings. The maximum atomic E-state index is 12.8. The van der Waals surface area contributed by atoms with Crippen molar-refractivity contribution >= 4 is 17.9 Å². The van der Waals surface area contributed by atoms with Crippen LogP contribution in [0.3, 0.4) is 0 Å². The molecule has 350 valence electrons. The predicted molar refractivity (Wildman–Crippen MR) is 265 cm³/mol. The molecule has 1 atom stereocenters. The van der Waals surface area contributed by atoms with Gasteiger partial charge in [0.15, 0.2) is 6.10 Å². The Morgan fingerprint density at radius 3 is 1.08 bits per heavy atom. The molecule has 0 aliphatic heterocycles. The fourth-order valence-electron chi connectivity index (χ4n) is 6.36. The number of unbranched alkanes of at least 4 members (excludes halogenated alkanes) is 14. The highest BCUT2D eigenvalue weighted by Gasteiger charge is 2.19. The summed E-state index contributed by atoms with van der Waals surface area (Å²) >= 11 is 0. The summed E-state index contributed by atoms with van der Waals surface area (Å²) < 4.78 is 16.7. The van der Waals surface area contributed by atoms with Crippen molar-refractivity contribution in [2.24, 2.45) is 0 Å². The number of carbonyl (C=O) groups is 3. The third-order valence-electron chi connectivity index (χ3n) is 10.0. The minimum Gasteiger partial charge on any atom is -0.462 e. The summed E-state index contributed by atoms with van der Waals surface area (Å²) in [6.45, 7) is 6.29. The first kappa shape index (κ1) is 58.1. The molecule has 0 fully saturated rings. The van der Waals surface area contributed by atoms with E-state index in [4.69, 9.17) is 14.2 Å². The van der Waals surface area contributed by atoms with Crippen molar-refractivity contribution in [2.75, 3.05) is 13.2 Å². The van der Waals surface area contributed by atoms with Gasteiger partial charge in [-0.15, -0.1) is 0 Å². The van der Waals surface area contributed by atoms with Crippen LogP contribution in [-0.2, 0) is 28.6 Å². The van der Waals surface area contributed by atoms with E-state index in [2.05, 4.69) is 118 Å². The monoisotopic (exact) mass is 859 g/mol. The Morgan fingerprint density at radius 1 is 0.339 bits per heavy atom. The number of allylic oxidation sites excluding steroid dienone is 18. The average Bonchev–Trinajstić information content (AvgIpc) is 3.27. The van der Waals surface area contributed by atoms with Crippen LogP contribution >= 0.6 is 0 Å². The highest BCUT2D eigenvalue weighted by molar-refractivity contribution is 5.71. The highest BCUT2D eigenvalue weighted by Crippen LogP contribution is 2.14. The van der Waals surface area contributed by atoms with Gasteiger partial charge in [-0.05, 0) is 89.9 Å². The van der Waals surface area contributed by atoms with Gasteiger partial charge in [-0.25, -0.2) is 0 Å². The van der Waals surface area contributed by atoms with Crippen molar-refractivity contribution in [3.05, 3.63) is 109 Å². The SMILES string of the molecule is CC/C=C\C/C=C\C/C=C\C/C=C\C/C=C\C/C=C\CCC(=O)OCC(COC(=O)CCCC/C=C\C/C=C\C/C=C\CC)OC(=O)CCCCCCCCCCCCCCC. The lowest BCUT2D eigenvalue weighted by molar-refractivity contribution is -0.166. The van der Waals surface area contributed by atoms with Gasteiger partial charge >= 0.3 is 17.9 Å². The maximum absolute atomic E-state index is 12.8. The zero-order chi connectivity index (χ0) is 45.1. The van der Waals surface area contributed by atoms with Gasteiger partial charge in [-0.1, -0.05) is 207 Å². The van der Waals surface area contributed by atoms with Gasteiger partial charge in [0.25, 0.3) is 0 Å². The van der Waals surface area contributed by atoms with Crippen LogP contribution in [0, 0.1) is 0 Å². The third-order valence-corrected chi connectivity index (χ3v) is 10.0. The quantitative estimate of drug-likeness (QED) is 0.0263. The van der Waals surface area contributed by atoms with E-state index < -0.39 is 6.10 Å². The number of esters is 3. The lowest BCUT2D eigenvalue weighted by Crippen LogP contribution is -2.30. The number of rotatable bonds is 43. The molecule has 0 radical (unpaired) electrons. The number of hydrogen-bond acceptors (Lipinski definition) is 6. The van der Waals surface area contributed by atoms with Crippen LogP contribution in [0.5, 0.6) is 0 Å². The van der Waals surface area contributed by atoms with Gasteiger partial charge in [0.1, 0.15) is 13.2 Å². The van der Waals surface area contributed by atoms with Crippen molar-refractivity contribution in [2.45, 2.75) is 213 Å². The van der Waals surface area contributed by atoms with Crippen molar-refractivity contribution < 1.29 is 28.6 Å². The molecule has 0 aromatic heterocycles. The minimum absolute atomic E-state index is 0.122. The summed E-state index contributed by atoms with van der Waals surface area (Å²) in [5.74, 6) is -1.05. The normalized spacial score (nSPS) is 13.0. The summed E-state index contributed by atoms with van der Waals surface area (Å²) in [5, 5.41) is 0. The molecule has 6 heteroatoms. The Morgan fingerprint density at radius 2 is 0.661 bits per heavy atom. The van der Waals surface area contributed by atoms with Crippen molar-refractivity contribution in [3.63, 3.8) is 0 Å². The Bertz CT molecular complexity index is 1310. The van der Waals surface area contributed by atoms with Crippen molar-refractivity contribution in [1.82, 2.24) is 0 Å². The molecule has 0 amide bonds. The van der Waals surface area contributed by atoms with Crippen molar-refractivity contribution in [3.8, 4) is 0 Å². The standard InChI is InChI=1S/C56H90O6/c1-4-7-10-13-16-19-22-25-26-27-28-29-30-32-34-37-40-43-46-49-55(58)61-52-53(51-60-54(57)48-45-42-39-36-33-24-21-18-15-12-9-6-3)62-56(59)50-47-44-41-38-35-31-23-20-17-14-11-8-5-2/h7,9-10,12,16,18-19,21,25-26,28-29,32-34,36,40,43,53H,4-6,8,11,13-15,17,20,22-24,27,30-31,35,37-39,41-42,44-52H2,1-3H3/b10-7-,12-9-,19-16-,21-18-,26-25-,29-28-,34-32-,36-33-,43-40-. The minimum atomic E-state index is -0.823. The van der Waals surface area contributed by atoms with E-state index in [9.17, 15) is 14.4 Å². The second-order valence-corrected chi connectivity index (χ2v) is 16.0. The molecule has 0 aromatic carbocycles. The number of ether oxygens (including phenoxy) is 3. The molecule has 0 heterocycles. The molecule has 0 spiro atoms. The highest BCUT2D eigenvalue weighted by atomic mass is 16.6.